The van der Waals surface area contributed by atoms with Gasteiger partial charge in [-0.3, -0.25) is 4.79 Å². The second kappa shape index (κ2) is 12.0. The molecular weight excluding hydrogens is 550 g/mol. The Morgan fingerprint density at radius 2 is 1.36 bits per heavy atom. The molecule has 1 aromatic heterocycles. The van der Waals surface area contributed by atoms with E-state index in [2.05, 4.69) is 36.2 Å². The Labute approximate surface area is 249 Å². The lowest BCUT2D eigenvalue weighted by Gasteiger charge is -2.19. The number of rotatable bonds is 8. The molecule has 4 aromatic carbocycles. The summed E-state index contributed by atoms with van der Waals surface area (Å²) in [5.74, 6) is -0.732. The van der Waals surface area contributed by atoms with Crippen molar-refractivity contribution >= 4 is 23.5 Å². The number of carbonyl (C=O) groups is 2. The molecule has 2 N–H and O–H groups in total. The van der Waals surface area contributed by atoms with E-state index in [1.807, 2.05) is 60.7 Å². The number of carboxylic acid groups (broad SMARTS) is 1. The number of nitrogens with one attached hydrogen (secondary N) is 1. The molecule has 8 heteroatoms. The molecule has 5 aromatic rings. The summed E-state index contributed by atoms with van der Waals surface area (Å²) in [6, 6.07) is 28.8. The van der Waals surface area contributed by atoms with E-state index in [-0.39, 0.29) is 11.8 Å². The Hall–Kier alpha value is -4.75. The van der Waals surface area contributed by atoms with E-state index in [4.69, 9.17) is 16.1 Å². The SMILES string of the molecule is CC(C)(C)c1ccc(C(=O)N[C@@H](Cc2ccc(-c3noc(-c4ccc(-c5ccc(Cl)cc5)cc4)n3)cc2)C(=O)O)cc1. The normalized spacial score (nSPS) is 12.1. The molecule has 212 valence electrons. The Kier molecular flexibility index (Phi) is 8.22. The van der Waals surface area contributed by atoms with E-state index in [9.17, 15) is 14.7 Å². The number of nitrogens with zero attached hydrogens (tertiary/aromatic N) is 2. The smallest absolute Gasteiger partial charge is 0.326 e. The van der Waals surface area contributed by atoms with Crippen molar-refractivity contribution < 1.29 is 19.2 Å². The summed E-state index contributed by atoms with van der Waals surface area (Å²) < 4.78 is 5.50. The van der Waals surface area contributed by atoms with Crippen LogP contribution in [-0.2, 0) is 16.6 Å². The van der Waals surface area contributed by atoms with E-state index in [1.54, 1.807) is 36.4 Å². The van der Waals surface area contributed by atoms with Gasteiger partial charge in [-0.25, -0.2) is 4.79 Å². The van der Waals surface area contributed by atoms with Gasteiger partial charge in [-0.1, -0.05) is 98.2 Å². The van der Waals surface area contributed by atoms with Gasteiger partial charge in [0.2, 0.25) is 5.82 Å². The third kappa shape index (κ3) is 6.75. The first kappa shape index (κ1) is 28.8. The van der Waals surface area contributed by atoms with E-state index in [1.165, 1.54) is 0 Å². The summed E-state index contributed by atoms with van der Waals surface area (Å²) in [4.78, 5) is 29.2. The van der Waals surface area contributed by atoms with Gasteiger partial charge in [0.1, 0.15) is 6.04 Å². The molecule has 0 saturated carbocycles. The fourth-order valence-electron chi connectivity index (χ4n) is 4.49. The topological polar surface area (TPSA) is 105 Å². The van der Waals surface area contributed by atoms with Crippen molar-refractivity contribution in [1.82, 2.24) is 15.5 Å². The minimum atomic E-state index is -1.11. The number of benzene rings is 4. The maximum Gasteiger partial charge on any atom is 0.326 e. The maximum atomic E-state index is 12.8. The van der Waals surface area contributed by atoms with Crippen molar-refractivity contribution in [1.29, 1.82) is 0 Å². The number of carboxylic acids is 1. The molecule has 0 aliphatic heterocycles. The molecule has 0 spiro atoms. The zero-order valence-corrected chi connectivity index (χ0v) is 24.2. The first-order valence-corrected chi connectivity index (χ1v) is 13.9. The van der Waals surface area contributed by atoms with E-state index >= 15 is 0 Å². The first-order chi connectivity index (χ1) is 20.1. The van der Waals surface area contributed by atoms with Gasteiger partial charge in [0.25, 0.3) is 11.8 Å². The fraction of sp³-hybridized carbons (Fsp3) is 0.176. The van der Waals surface area contributed by atoms with Crippen LogP contribution >= 0.6 is 11.6 Å². The number of halogens is 1. The summed E-state index contributed by atoms with van der Waals surface area (Å²) in [6.07, 6.45) is 0.124. The zero-order valence-electron chi connectivity index (χ0n) is 23.5. The summed E-state index contributed by atoms with van der Waals surface area (Å²) in [6.45, 7) is 6.27. The summed E-state index contributed by atoms with van der Waals surface area (Å²) in [7, 11) is 0. The van der Waals surface area contributed by atoms with Gasteiger partial charge in [0.15, 0.2) is 0 Å². The van der Waals surface area contributed by atoms with Gasteiger partial charge in [-0.2, -0.15) is 4.98 Å². The molecule has 42 heavy (non-hydrogen) atoms. The van der Waals surface area contributed by atoms with Crippen molar-refractivity contribution in [2.75, 3.05) is 0 Å². The molecule has 1 atom stereocenters. The molecule has 0 saturated heterocycles. The highest BCUT2D eigenvalue weighted by molar-refractivity contribution is 6.30. The van der Waals surface area contributed by atoms with Crippen LogP contribution in [-0.4, -0.2) is 33.2 Å². The van der Waals surface area contributed by atoms with Crippen LogP contribution in [0.3, 0.4) is 0 Å². The van der Waals surface area contributed by atoms with Gasteiger partial charge < -0.3 is 14.9 Å². The Morgan fingerprint density at radius 3 is 1.93 bits per heavy atom. The number of aromatic nitrogens is 2. The Bertz CT molecular complexity index is 1690. The lowest BCUT2D eigenvalue weighted by atomic mass is 9.86. The lowest BCUT2D eigenvalue weighted by molar-refractivity contribution is -0.139. The highest BCUT2D eigenvalue weighted by Crippen LogP contribution is 2.27. The van der Waals surface area contributed by atoms with Crippen LogP contribution in [0.2, 0.25) is 5.02 Å². The summed E-state index contributed by atoms with van der Waals surface area (Å²) >= 11 is 5.99. The predicted octanol–water partition coefficient (Wildman–Crippen LogP) is 7.45. The average Bonchev–Trinajstić information content (AvgIpc) is 3.48. The summed E-state index contributed by atoms with van der Waals surface area (Å²) in [5.41, 5.74) is 5.81. The van der Waals surface area contributed by atoms with Crippen molar-refractivity contribution in [2.24, 2.45) is 0 Å². The van der Waals surface area contributed by atoms with E-state index < -0.39 is 17.9 Å². The number of aliphatic carboxylic acids is 1. The van der Waals surface area contributed by atoms with Crippen molar-refractivity contribution in [3.05, 3.63) is 119 Å². The molecule has 0 aliphatic carbocycles. The van der Waals surface area contributed by atoms with Crippen LogP contribution in [0.25, 0.3) is 34.0 Å². The molecular formula is C34H30ClN3O4. The molecule has 1 amide bonds. The second-order valence-electron chi connectivity index (χ2n) is 11.1. The zero-order chi connectivity index (χ0) is 29.9. The molecule has 0 bridgehead atoms. The van der Waals surface area contributed by atoms with Gasteiger partial charge in [0.05, 0.1) is 0 Å². The fourth-order valence-corrected chi connectivity index (χ4v) is 4.62. The first-order valence-electron chi connectivity index (χ1n) is 13.5. The molecule has 5 rings (SSSR count). The molecule has 1 heterocycles. The second-order valence-corrected chi connectivity index (χ2v) is 11.5. The Morgan fingerprint density at radius 1 is 0.810 bits per heavy atom. The third-order valence-electron chi connectivity index (χ3n) is 7.00. The van der Waals surface area contributed by atoms with Gasteiger partial charge in [-0.05, 0) is 64.1 Å². The number of hydrogen-bond acceptors (Lipinski definition) is 5. The quantitative estimate of drug-likeness (QED) is 0.198. The standard InChI is InChI=1S/C34H30ClN3O4/c1-34(2,3)27-16-12-25(13-17-27)31(39)36-29(33(40)41)20-21-4-6-24(7-5-21)30-37-32(42-38-30)26-10-8-22(9-11-26)23-14-18-28(35)19-15-23/h4-19,29H,20H2,1-3H3,(H,36,39)(H,40,41)/t29-/m0/s1. The molecule has 0 fully saturated rings. The van der Waals surface area contributed by atoms with Gasteiger partial charge >= 0.3 is 5.97 Å². The van der Waals surface area contributed by atoms with Crippen LogP contribution in [0.5, 0.6) is 0 Å². The minimum Gasteiger partial charge on any atom is -0.480 e. The maximum absolute atomic E-state index is 12.8. The van der Waals surface area contributed by atoms with Crippen LogP contribution in [0.1, 0.15) is 42.3 Å². The van der Waals surface area contributed by atoms with E-state index in [0.29, 0.717) is 22.3 Å². The van der Waals surface area contributed by atoms with Crippen molar-refractivity contribution in [3.8, 4) is 34.0 Å². The largest absolute Gasteiger partial charge is 0.480 e. The number of carbonyl (C=O) groups excluding carboxylic acids is 1. The average molecular weight is 580 g/mol. The van der Waals surface area contributed by atoms with Crippen LogP contribution in [0.15, 0.2) is 102 Å². The molecule has 0 radical (unpaired) electrons. The van der Waals surface area contributed by atoms with Crippen molar-refractivity contribution in [3.63, 3.8) is 0 Å². The highest BCUT2D eigenvalue weighted by Gasteiger charge is 2.22. The number of amides is 1. The molecule has 0 aliphatic rings. The van der Waals surface area contributed by atoms with Gasteiger partial charge in [0, 0.05) is 28.1 Å². The predicted molar refractivity (Wildman–Crippen MR) is 163 cm³/mol. The minimum absolute atomic E-state index is 0.0437. The van der Waals surface area contributed by atoms with Gasteiger partial charge in [-0.15, -0.1) is 0 Å². The third-order valence-corrected chi connectivity index (χ3v) is 7.26. The summed E-state index contributed by atoms with van der Waals surface area (Å²) in [5, 5.41) is 17.2. The van der Waals surface area contributed by atoms with Crippen LogP contribution in [0, 0.1) is 0 Å². The van der Waals surface area contributed by atoms with Crippen molar-refractivity contribution in [2.45, 2.75) is 38.6 Å². The highest BCUT2D eigenvalue weighted by atomic mass is 35.5. The van der Waals surface area contributed by atoms with Crippen LogP contribution in [0.4, 0.5) is 0 Å². The van der Waals surface area contributed by atoms with Crippen LogP contribution < -0.4 is 5.32 Å². The number of hydrogen-bond donors (Lipinski definition) is 2. The Balaban J connectivity index is 1.23. The van der Waals surface area contributed by atoms with E-state index in [0.717, 1.165) is 33.4 Å². The lowest BCUT2D eigenvalue weighted by Crippen LogP contribution is -2.42. The monoisotopic (exact) mass is 579 g/mol. The molecule has 7 nitrogen and oxygen atoms in total. The molecule has 0 unspecified atom stereocenters.